The van der Waals surface area contributed by atoms with E-state index < -0.39 is 0 Å². The zero-order valence-corrected chi connectivity index (χ0v) is 17.6. The van der Waals surface area contributed by atoms with E-state index in [-0.39, 0.29) is 24.9 Å². The van der Waals surface area contributed by atoms with Gasteiger partial charge < -0.3 is 25.2 Å². The molecule has 0 atom stereocenters. The maximum atomic E-state index is 12.5. The maximum Gasteiger partial charge on any atom is 0.319 e. The third kappa shape index (κ3) is 5.85. The van der Waals surface area contributed by atoms with Crippen LogP contribution in [0.4, 0.5) is 16.3 Å². The Kier molecular flexibility index (Phi) is 7.48. The summed E-state index contributed by atoms with van der Waals surface area (Å²) < 4.78 is 5.57. The third-order valence-corrected chi connectivity index (χ3v) is 4.92. The lowest BCUT2D eigenvalue weighted by atomic mass is 10.2. The second kappa shape index (κ2) is 10.5. The van der Waals surface area contributed by atoms with E-state index >= 15 is 0 Å². The molecule has 0 bridgehead atoms. The van der Waals surface area contributed by atoms with Crippen molar-refractivity contribution >= 4 is 23.4 Å². The lowest BCUT2D eigenvalue weighted by Gasteiger charge is -2.35. The normalized spacial score (nSPS) is 13.7. The van der Waals surface area contributed by atoms with E-state index in [2.05, 4.69) is 20.5 Å². The number of carbonyl (C=O) groups is 2. The van der Waals surface area contributed by atoms with Gasteiger partial charge in [0.05, 0.1) is 12.3 Å². The second-order valence-electron chi connectivity index (χ2n) is 7.12. The molecule has 3 rings (SSSR count). The fourth-order valence-electron chi connectivity index (χ4n) is 3.34. The molecule has 1 saturated heterocycles. The van der Waals surface area contributed by atoms with Crippen molar-refractivity contribution in [2.24, 2.45) is 0 Å². The van der Waals surface area contributed by atoms with Gasteiger partial charge in [-0.05, 0) is 43.7 Å². The van der Waals surface area contributed by atoms with Gasteiger partial charge in [-0.15, -0.1) is 0 Å². The topological polar surface area (TPSA) is 86.8 Å². The maximum absolute atomic E-state index is 12.5. The molecular formula is C22H29N5O3. The van der Waals surface area contributed by atoms with Crippen molar-refractivity contribution in [3.05, 3.63) is 48.2 Å². The third-order valence-electron chi connectivity index (χ3n) is 4.92. The Morgan fingerprint density at radius 1 is 1.13 bits per heavy atom. The number of aryl methyl sites for hydroxylation is 1. The van der Waals surface area contributed by atoms with Gasteiger partial charge in [-0.25, -0.2) is 9.78 Å². The number of amides is 3. The van der Waals surface area contributed by atoms with Crippen LogP contribution in [0.25, 0.3) is 0 Å². The highest BCUT2D eigenvalue weighted by molar-refractivity contribution is 5.91. The number of benzene rings is 1. The fourth-order valence-corrected chi connectivity index (χ4v) is 3.34. The van der Waals surface area contributed by atoms with Crippen LogP contribution < -0.4 is 20.3 Å². The zero-order valence-electron chi connectivity index (χ0n) is 17.6. The largest absolute Gasteiger partial charge is 0.492 e. The molecule has 1 aromatic heterocycles. The number of anilines is 2. The minimum Gasteiger partial charge on any atom is -0.492 e. The smallest absolute Gasteiger partial charge is 0.319 e. The molecule has 1 aromatic carbocycles. The zero-order chi connectivity index (χ0) is 21.3. The Balaban J connectivity index is 1.40. The highest BCUT2D eigenvalue weighted by atomic mass is 16.5. The molecule has 2 aromatic rings. The van der Waals surface area contributed by atoms with Crippen LogP contribution in [-0.2, 0) is 4.79 Å². The lowest BCUT2D eigenvalue weighted by molar-refractivity contribution is -0.131. The molecular weight excluding hydrogens is 382 g/mol. The monoisotopic (exact) mass is 411 g/mol. The number of piperazine rings is 1. The average molecular weight is 412 g/mol. The molecule has 2 N–H and O–H groups in total. The Labute approximate surface area is 177 Å². The highest BCUT2D eigenvalue weighted by Crippen LogP contribution is 2.25. The second-order valence-corrected chi connectivity index (χ2v) is 7.12. The van der Waals surface area contributed by atoms with Crippen LogP contribution in [0, 0.1) is 6.92 Å². The molecule has 8 heteroatoms. The molecule has 160 valence electrons. The van der Waals surface area contributed by atoms with Gasteiger partial charge in [0.15, 0.2) is 0 Å². The summed E-state index contributed by atoms with van der Waals surface area (Å²) in [6, 6.07) is 11.1. The average Bonchev–Trinajstić information content (AvgIpc) is 2.76. The number of urea groups is 1. The molecule has 0 radical (unpaired) electrons. The first-order chi connectivity index (χ1) is 14.6. The van der Waals surface area contributed by atoms with Crippen molar-refractivity contribution in [2.45, 2.75) is 20.3 Å². The van der Waals surface area contributed by atoms with Crippen molar-refractivity contribution < 1.29 is 14.3 Å². The number of pyridine rings is 1. The summed E-state index contributed by atoms with van der Waals surface area (Å²) in [6.45, 7) is 7.48. The SMILES string of the molecule is CCOc1cc(C)ccc1NC(=O)NCCC(=O)N1CCN(c2ccccn2)CC1. The number of rotatable bonds is 7. The predicted molar refractivity (Wildman–Crippen MR) is 117 cm³/mol. The molecule has 8 nitrogen and oxygen atoms in total. The lowest BCUT2D eigenvalue weighted by Crippen LogP contribution is -2.49. The number of hydrogen-bond donors (Lipinski definition) is 2. The summed E-state index contributed by atoms with van der Waals surface area (Å²) in [5.41, 5.74) is 1.66. The van der Waals surface area contributed by atoms with Gasteiger partial charge in [-0.3, -0.25) is 4.79 Å². The van der Waals surface area contributed by atoms with Crippen molar-refractivity contribution in [3.63, 3.8) is 0 Å². The van der Waals surface area contributed by atoms with E-state index in [0.29, 0.717) is 31.1 Å². The van der Waals surface area contributed by atoms with Crippen LogP contribution in [0.1, 0.15) is 18.9 Å². The van der Waals surface area contributed by atoms with Crippen molar-refractivity contribution in [3.8, 4) is 5.75 Å². The summed E-state index contributed by atoms with van der Waals surface area (Å²) in [4.78, 5) is 33.0. The van der Waals surface area contributed by atoms with Crippen LogP contribution in [0.15, 0.2) is 42.6 Å². The van der Waals surface area contributed by atoms with E-state index in [1.165, 1.54) is 0 Å². The first-order valence-electron chi connectivity index (χ1n) is 10.3. The molecule has 0 unspecified atom stereocenters. The van der Waals surface area contributed by atoms with Gasteiger partial charge in [0.1, 0.15) is 11.6 Å². The fraction of sp³-hybridized carbons (Fsp3) is 0.409. The van der Waals surface area contributed by atoms with Gasteiger partial charge in [0.2, 0.25) is 5.91 Å². The number of ether oxygens (including phenoxy) is 1. The van der Waals surface area contributed by atoms with Crippen molar-refractivity contribution in [1.82, 2.24) is 15.2 Å². The van der Waals surface area contributed by atoms with E-state index in [1.807, 2.05) is 55.1 Å². The van der Waals surface area contributed by atoms with E-state index in [0.717, 1.165) is 24.5 Å². The van der Waals surface area contributed by atoms with Crippen LogP contribution >= 0.6 is 0 Å². The van der Waals surface area contributed by atoms with E-state index in [9.17, 15) is 9.59 Å². The first kappa shape index (κ1) is 21.4. The Morgan fingerprint density at radius 2 is 1.93 bits per heavy atom. The Morgan fingerprint density at radius 3 is 2.63 bits per heavy atom. The summed E-state index contributed by atoms with van der Waals surface area (Å²) in [6.07, 6.45) is 2.04. The van der Waals surface area contributed by atoms with Gasteiger partial charge in [0.25, 0.3) is 0 Å². The molecule has 3 amide bonds. The number of hydrogen-bond acceptors (Lipinski definition) is 5. The minimum absolute atomic E-state index is 0.0429. The quantitative estimate of drug-likeness (QED) is 0.732. The van der Waals surface area contributed by atoms with Crippen molar-refractivity contribution in [2.75, 3.05) is 49.5 Å². The van der Waals surface area contributed by atoms with Crippen LogP contribution in [-0.4, -0.2) is 61.2 Å². The number of aromatic nitrogens is 1. The Bertz CT molecular complexity index is 851. The first-order valence-corrected chi connectivity index (χ1v) is 10.3. The van der Waals surface area contributed by atoms with Gasteiger partial charge in [0, 0.05) is 45.3 Å². The predicted octanol–water partition coefficient (Wildman–Crippen LogP) is 2.65. The molecule has 2 heterocycles. The van der Waals surface area contributed by atoms with E-state index in [1.54, 1.807) is 6.20 Å². The number of nitrogens with one attached hydrogen (secondary N) is 2. The van der Waals surface area contributed by atoms with Crippen LogP contribution in [0.3, 0.4) is 0 Å². The summed E-state index contributed by atoms with van der Waals surface area (Å²) in [5.74, 6) is 1.61. The highest BCUT2D eigenvalue weighted by Gasteiger charge is 2.21. The molecule has 0 saturated carbocycles. The Hall–Kier alpha value is -3.29. The van der Waals surface area contributed by atoms with Crippen LogP contribution in [0.5, 0.6) is 5.75 Å². The molecule has 1 fully saturated rings. The van der Waals surface area contributed by atoms with Gasteiger partial charge in [-0.1, -0.05) is 12.1 Å². The standard InChI is InChI=1S/C22H29N5O3/c1-3-30-19-16-17(2)7-8-18(19)25-22(29)24-11-9-21(28)27-14-12-26(13-15-27)20-6-4-5-10-23-20/h4-8,10,16H,3,9,11-15H2,1-2H3,(H2,24,25,29). The summed E-state index contributed by atoms with van der Waals surface area (Å²) >= 11 is 0. The number of carbonyl (C=O) groups excluding carboxylic acids is 2. The molecule has 1 aliphatic heterocycles. The summed E-state index contributed by atoms with van der Waals surface area (Å²) in [5, 5.41) is 5.53. The van der Waals surface area contributed by atoms with E-state index in [4.69, 9.17) is 4.74 Å². The molecule has 0 spiro atoms. The van der Waals surface area contributed by atoms with Crippen molar-refractivity contribution in [1.29, 1.82) is 0 Å². The minimum atomic E-state index is -0.354. The number of nitrogens with zero attached hydrogens (tertiary/aromatic N) is 3. The van der Waals surface area contributed by atoms with Gasteiger partial charge in [-0.2, -0.15) is 0 Å². The molecule has 30 heavy (non-hydrogen) atoms. The van der Waals surface area contributed by atoms with Gasteiger partial charge >= 0.3 is 6.03 Å². The van der Waals surface area contributed by atoms with Crippen LogP contribution in [0.2, 0.25) is 0 Å². The molecule has 1 aliphatic rings. The summed E-state index contributed by atoms with van der Waals surface area (Å²) in [7, 11) is 0. The molecule has 0 aliphatic carbocycles.